The number of aryl methyl sites for hydroxylation is 1. The number of anilines is 1. The number of nitrogens with zero attached hydrogens (tertiary/aromatic N) is 2. The van der Waals surface area contributed by atoms with Crippen molar-refractivity contribution in [3.8, 4) is 17.1 Å². The van der Waals surface area contributed by atoms with Crippen LogP contribution in [0.15, 0.2) is 24.3 Å². The van der Waals surface area contributed by atoms with E-state index in [9.17, 15) is 4.39 Å². The second-order valence-corrected chi connectivity index (χ2v) is 3.75. The first-order valence-electron chi connectivity index (χ1n) is 5.52. The third-order valence-electron chi connectivity index (χ3n) is 2.60. The summed E-state index contributed by atoms with van der Waals surface area (Å²) in [6.45, 7) is 1.61. The van der Waals surface area contributed by atoms with Gasteiger partial charge in [-0.2, -0.15) is 0 Å². The monoisotopic (exact) mass is 247 g/mol. The largest absolute Gasteiger partial charge is 0.496 e. The summed E-state index contributed by atoms with van der Waals surface area (Å²) in [6.07, 6.45) is 0. The van der Waals surface area contributed by atoms with Crippen molar-refractivity contribution in [2.45, 2.75) is 6.92 Å². The van der Waals surface area contributed by atoms with Crippen LogP contribution in [0.3, 0.4) is 0 Å². The molecule has 0 fully saturated rings. The Morgan fingerprint density at radius 2 is 1.94 bits per heavy atom. The summed E-state index contributed by atoms with van der Waals surface area (Å²) in [7, 11) is 3.20. The number of halogens is 1. The van der Waals surface area contributed by atoms with Gasteiger partial charge in [0.05, 0.1) is 18.4 Å². The van der Waals surface area contributed by atoms with Gasteiger partial charge in [0.25, 0.3) is 0 Å². The Balaban J connectivity index is 2.61. The molecule has 2 aromatic rings. The standard InChI is InChI=1S/C13H14FN3O/c1-8-11(14)13(15-2)17-12(16-8)9-6-4-5-7-10(9)18-3/h4-7H,1-3H3,(H,15,16,17). The second kappa shape index (κ2) is 5.00. The van der Waals surface area contributed by atoms with Gasteiger partial charge in [-0.3, -0.25) is 0 Å². The quantitative estimate of drug-likeness (QED) is 0.905. The normalized spacial score (nSPS) is 10.2. The van der Waals surface area contributed by atoms with Crippen LogP contribution in [-0.4, -0.2) is 24.1 Å². The van der Waals surface area contributed by atoms with E-state index in [4.69, 9.17) is 4.74 Å². The molecule has 0 aliphatic rings. The van der Waals surface area contributed by atoms with Gasteiger partial charge in [0.2, 0.25) is 0 Å². The number of hydrogen-bond donors (Lipinski definition) is 1. The van der Waals surface area contributed by atoms with Crippen molar-refractivity contribution in [3.05, 3.63) is 35.8 Å². The van der Waals surface area contributed by atoms with Gasteiger partial charge in [-0.25, -0.2) is 14.4 Å². The maximum Gasteiger partial charge on any atom is 0.186 e. The number of methoxy groups -OCH3 is 1. The Kier molecular flexibility index (Phi) is 3.41. The zero-order chi connectivity index (χ0) is 13.1. The highest BCUT2D eigenvalue weighted by molar-refractivity contribution is 5.65. The first-order chi connectivity index (χ1) is 8.67. The maximum atomic E-state index is 13.7. The van der Waals surface area contributed by atoms with Crippen LogP contribution in [0.2, 0.25) is 0 Å². The Labute approximate surface area is 105 Å². The van der Waals surface area contributed by atoms with Crippen molar-refractivity contribution in [1.82, 2.24) is 9.97 Å². The number of aromatic nitrogens is 2. The second-order valence-electron chi connectivity index (χ2n) is 3.75. The summed E-state index contributed by atoms with van der Waals surface area (Å²) in [5.74, 6) is 0.848. The van der Waals surface area contributed by atoms with E-state index < -0.39 is 5.82 Å². The van der Waals surface area contributed by atoms with Gasteiger partial charge in [0.1, 0.15) is 5.75 Å². The van der Waals surface area contributed by atoms with E-state index in [1.54, 1.807) is 21.1 Å². The first-order valence-corrected chi connectivity index (χ1v) is 5.52. The minimum Gasteiger partial charge on any atom is -0.496 e. The van der Waals surface area contributed by atoms with Crippen LogP contribution in [-0.2, 0) is 0 Å². The summed E-state index contributed by atoms with van der Waals surface area (Å²) >= 11 is 0. The molecule has 2 rings (SSSR count). The molecule has 18 heavy (non-hydrogen) atoms. The predicted molar refractivity (Wildman–Crippen MR) is 68.3 cm³/mol. The first kappa shape index (κ1) is 12.3. The molecule has 94 valence electrons. The Bertz CT molecular complexity index is 572. The van der Waals surface area contributed by atoms with Gasteiger partial charge in [-0.15, -0.1) is 0 Å². The molecule has 0 aliphatic carbocycles. The fourth-order valence-electron chi connectivity index (χ4n) is 1.67. The topological polar surface area (TPSA) is 47.0 Å². The van der Waals surface area contributed by atoms with Crippen molar-refractivity contribution in [2.75, 3.05) is 19.5 Å². The number of hydrogen-bond acceptors (Lipinski definition) is 4. The van der Waals surface area contributed by atoms with Gasteiger partial charge in [-0.1, -0.05) is 12.1 Å². The lowest BCUT2D eigenvalue weighted by atomic mass is 10.2. The molecule has 1 heterocycles. The maximum absolute atomic E-state index is 13.7. The van der Waals surface area contributed by atoms with Crippen LogP contribution in [0.4, 0.5) is 10.2 Å². The molecule has 1 N–H and O–H groups in total. The van der Waals surface area contributed by atoms with Gasteiger partial charge in [-0.05, 0) is 19.1 Å². The fraction of sp³-hybridized carbons (Fsp3) is 0.231. The molecule has 4 nitrogen and oxygen atoms in total. The Morgan fingerprint density at radius 3 is 2.61 bits per heavy atom. The van der Waals surface area contributed by atoms with E-state index in [-0.39, 0.29) is 5.82 Å². The molecule has 0 unspecified atom stereocenters. The van der Waals surface area contributed by atoms with E-state index in [1.807, 2.05) is 24.3 Å². The predicted octanol–water partition coefficient (Wildman–Crippen LogP) is 2.64. The SMILES string of the molecule is CNc1nc(-c2ccccc2OC)nc(C)c1F. The molecular formula is C13H14FN3O. The van der Waals surface area contributed by atoms with E-state index in [0.29, 0.717) is 17.3 Å². The van der Waals surface area contributed by atoms with E-state index in [1.165, 1.54) is 0 Å². The van der Waals surface area contributed by atoms with Crippen LogP contribution in [0, 0.1) is 12.7 Å². The third-order valence-corrected chi connectivity index (χ3v) is 2.60. The van der Waals surface area contributed by atoms with Crippen molar-refractivity contribution in [2.24, 2.45) is 0 Å². The lowest BCUT2D eigenvalue weighted by Crippen LogP contribution is -2.04. The van der Waals surface area contributed by atoms with Crippen LogP contribution in [0.1, 0.15) is 5.69 Å². The Hall–Kier alpha value is -2.17. The third kappa shape index (κ3) is 2.11. The number of benzene rings is 1. The molecule has 5 heteroatoms. The zero-order valence-corrected chi connectivity index (χ0v) is 10.5. The molecule has 0 saturated carbocycles. The van der Waals surface area contributed by atoms with Crippen molar-refractivity contribution >= 4 is 5.82 Å². The summed E-state index contributed by atoms with van der Waals surface area (Å²) in [5.41, 5.74) is 1.04. The molecule has 0 saturated heterocycles. The minimum absolute atomic E-state index is 0.184. The van der Waals surface area contributed by atoms with Crippen LogP contribution < -0.4 is 10.1 Å². The average molecular weight is 247 g/mol. The van der Waals surface area contributed by atoms with Crippen molar-refractivity contribution in [1.29, 1.82) is 0 Å². The summed E-state index contributed by atoms with van der Waals surface area (Å²) in [6, 6.07) is 7.37. The lowest BCUT2D eigenvalue weighted by molar-refractivity contribution is 0.416. The molecule has 0 aliphatic heterocycles. The van der Waals surface area contributed by atoms with Crippen molar-refractivity contribution in [3.63, 3.8) is 0 Å². The van der Waals surface area contributed by atoms with Crippen LogP contribution in [0.25, 0.3) is 11.4 Å². The van der Waals surface area contributed by atoms with E-state index in [2.05, 4.69) is 15.3 Å². The Morgan fingerprint density at radius 1 is 1.22 bits per heavy atom. The van der Waals surface area contributed by atoms with Gasteiger partial charge in [0.15, 0.2) is 17.5 Å². The fourth-order valence-corrected chi connectivity index (χ4v) is 1.67. The highest BCUT2D eigenvalue weighted by Gasteiger charge is 2.14. The number of nitrogens with one attached hydrogen (secondary N) is 1. The molecule has 1 aromatic carbocycles. The highest BCUT2D eigenvalue weighted by Crippen LogP contribution is 2.28. The van der Waals surface area contributed by atoms with Gasteiger partial charge >= 0.3 is 0 Å². The minimum atomic E-state index is -0.434. The highest BCUT2D eigenvalue weighted by atomic mass is 19.1. The molecule has 0 atom stereocenters. The number of para-hydroxylation sites is 1. The van der Waals surface area contributed by atoms with Gasteiger partial charge in [0, 0.05) is 7.05 Å². The molecule has 1 aromatic heterocycles. The smallest absolute Gasteiger partial charge is 0.186 e. The summed E-state index contributed by atoms with van der Waals surface area (Å²) in [4.78, 5) is 8.31. The average Bonchev–Trinajstić information content (AvgIpc) is 2.41. The number of rotatable bonds is 3. The lowest BCUT2D eigenvalue weighted by Gasteiger charge is -2.10. The summed E-state index contributed by atoms with van der Waals surface area (Å²) in [5, 5.41) is 2.72. The number of ether oxygens (including phenoxy) is 1. The molecule has 0 bridgehead atoms. The summed E-state index contributed by atoms with van der Waals surface area (Å²) < 4.78 is 18.9. The molecule has 0 radical (unpaired) electrons. The molecule has 0 spiro atoms. The van der Waals surface area contributed by atoms with E-state index >= 15 is 0 Å². The van der Waals surface area contributed by atoms with Gasteiger partial charge < -0.3 is 10.1 Å². The van der Waals surface area contributed by atoms with Crippen molar-refractivity contribution < 1.29 is 9.13 Å². The van der Waals surface area contributed by atoms with Crippen LogP contribution in [0.5, 0.6) is 5.75 Å². The van der Waals surface area contributed by atoms with E-state index in [0.717, 1.165) is 5.56 Å². The molecular weight excluding hydrogens is 233 g/mol. The zero-order valence-electron chi connectivity index (χ0n) is 10.5. The molecule has 0 amide bonds. The van der Waals surface area contributed by atoms with Crippen LogP contribution >= 0.6 is 0 Å².